The van der Waals surface area contributed by atoms with E-state index in [0.29, 0.717) is 0 Å². The maximum Gasteiger partial charge on any atom is 0.0591 e. The normalized spacial score (nSPS) is 15.2. The third kappa shape index (κ3) is 4.96. The first-order valence-corrected chi connectivity index (χ1v) is 7.15. The van der Waals surface area contributed by atoms with E-state index in [1.54, 1.807) is 0 Å². The van der Waals surface area contributed by atoms with Crippen LogP contribution >= 0.6 is 27.5 Å². The Kier molecular flexibility index (Phi) is 5.29. The van der Waals surface area contributed by atoms with Gasteiger partial charge in [-0.1, -0.05) is 33.6 Å². The van der Waals surface area contributed by atoms with E-state index in [9.17, 15) is 0 Å². The lowest BCUT2D eigenvalue weighted by Gasteiger charge is -2.07. The van der Waals surface area contributed by atoms with Crippen LogP contribution in [0.4, 0.5) is 0 Å². The predicted octanol–water partition coefficient (Wildman–Crippen LogP) is 3.62. The standard InChI is InChI=1S/C13H17BrClNO/c14-13-7-12(15)4-3-11(13)8-16-5-6-17-9-10-1-2-10/h3-4,7,10,16H,1-2,5-6,8-9H2. The Morgan fingerprint density at radius 3 is 2.94 bits per heavy atom. The van der Waals surface area contributed by atoms with Crippen molar-refractivity contribution in [2.45, 2.75) is 19.4 Å². The molecule has 0 bridgehead atoms. The van der Waals surface area contributed by atoms with Gasteiger partial charge in [0, 0.05) is 29.2 Å². The average Bonchev–Trinajstić information content (AvgIpc) is 3.09. The van der Waals surface area contributed by atoms with E-state index in [1.165, 1.54) is 18.4 Å². The third-order valence-electron chi connectivity index (χ3n) is 2.80. The van der Waals surface area contributed by atoms with E-state index in [-0.39, 0.29) is 0 Å². The minimum atomic E-state index is 0.758. The third-order valence-corrected chi connectivity index (χ3v) is 3.78. The van der Waals surface area contributed by atoms with Crippen molar-refractivity contribution < 1.29 is 4.74 Å². The average molecular weight is 319 g/mol. The fourth-order valence-corrected chi connectivity index (χ4v) is 2.39. The Balaban J connectivity index is 1.60. The van der Waals surface area contributed by atoms with E-state index in [0.717, 1.165) is 41.7 Å². The first kappa shape index (κ1) is 13.3. The summed E-state index contributed by atoms with van der Waals surface area (Å²) in [4.78, 5) is 0. The molecule has 0 unspecified atom stereocenters. The summed E-state index contributed by atoms with van der Waals surface area (Å²) in [5.41, 5.74) is 1.22. The van der Waals surface area contributed by atoms with Gasteiger partial charge < -0.3 is 10.1 Å². The van der Waals surface area contributed by atoms with Crippen molar-refractivity contribution in [2.24, 2.45) is 5.92 Å². The molecular weight excluding hydrogens is 302 g/mol. The van der Waals surface area contributed by atoms with Crippen molar-refractivity contribution in [3.05, 3.63) is 33.3 Å². The fraction of sp³-hybridized carbons (Fsp3) is 0.538. The first-order chi connectivity index (χ1) is 8.25. The molecule has 4 heteroatoms. The zero-order chi connectivity index (χ0) is 12.1. The van der Waals surface area contributed by atoms with Gasteiger partial charge in [0.25, 0.3) is 0 Å². The molecule has 0 heterocycles. The molecule has 94 valence electrons. The molecule has 1 fully saturated rings. The second-order valence-electron chi connectivity index (χ2n) is 4.43. The lowest BCUT2D eigenvalue weighted by atomic mass is 10.2. The molecule has 0 spiro atoms. The Morgan fingerprint density at radius 2 is 2.24 bits per heavy atom. The van der Waals surface area contributed by atoms with Crippen molar-refractivity contribution in [3.63, 3.8) is 0 Å². The predicted molar refractivity (Wildman–Crippen MR) is 74.4 cm³/mol. The SMILES string of the molecule is Clc1ccc(CNCCOCC2CC2)c(Br)c1. The molecule has 1 aromatic carbocycles. The summed E-state index contributed by atoms with van der Waals surface area (Å²) < 4.78 is 6.60. The van der Waals surface area contributed by atoms with Crippen molar-refractivity contribution in [2.75, 3.05) is 19.8 Å². The minimum absolute atomic E-state index is 0.758. The van der Waals surface area contributed by atoms with Crippen LogP contribution in [0.5, 0.6) is 0 Å². The van der Waals surface area contributed by atoms with Crippen LogP contribution in [-0.4, -0.2) is 19.8 Å². The second-order valence-corrected chi connectivity index (χ2v) is 5.72. The van der Waals surface area contributed by atoms with Gasteiger partial charge >= 0.3 is 0 Å². The van der Waals surface area contributed by atoms with Gasteiger partial charge in [0.05, 0.1) is 6.61 Å². The van der Waals surface area contributed by atoms with E-state index in [1.807, 2.05) is 18.2 Å². The largest absolute Gasteiger partial charge is 0.380 e. The van der Waals surface area contributed by atoms with Crippen molar-refractivity contribution in [1.82, 2.24) is 5.32 Å². The van der Waals surface area contributed by atoms with Crippen LogP contribution < -0.4 is 5.32 Å². The summed E-state index contributed by atoms with van der Waals surface area (Å²) in [5, 5.41) is 4.12. The van der Waals surface area contributed by atoms with Crippen LogP contribution in [0.1, 0.15) is 18.4 Å². The van der Waals surface area contributed by atoms with Crippen LogP contribution in [0.15, 0.2) is 22.7 Å². The highest BCUT2D eigenvalue weighted by molar-refractivity contribution is 9.10. The monoisotopic (exact) mass is 317 g/mol. The molecule has 0 radical (unpaired) electrons. The number of ether oxygens (including phenoxy) is 1. The summed E-state index contributed by atoms with van der Waals surface area (Å²) in [6.45, 7) is 3.46. The second kappa shape index (κ2) is 6.74. The molecule has 0 saturated heterocycles. The van der Waals surface area contributed by atoms with Crippen LogP contribution in [0.2, 0.25) is 5.02 Å². The minimum Gasteiger partial charge on any atom is -0.380 e. The van der Waals surface area contributed by atoms with Crippen molar-refractivity contribution in [3.8, 4) is 0 Å². The van der Waals surface area contributed by atoms with Gasteiger partial charge in [0.1, 0.15) is 0 Å². The van der Waals surface area contributed by atoms with Gasteiger partial charge in [-0.3, -0.25) is 0 Å². The van der Waals surface area contributed by atoms with Gasteiger partial charge in [-0.15, -0.1) is 0 Å². The molecule has 2 rings (SSSR count). The molecular formula is C13H17BrClNO. The summed E-state index contributed by atoms with van der Waals surface area (Å²) in [7, 11) is 0. The van der Waals surface area contributed by atoms with Gasteiger partial charge in [0.15, 0.2) is 0 Å². The number of benzene rings is 1. The Bertz CT molecular complexity index is 368. The number of halogens is 2. The molecule has 0 amide bonds. The fourth-order valence-electron chi connectivity index (χ4n) is 1.57. The highest BCUT2D eigenvalue weighted by Crippen LogP contribution is 2.28. The molecule has 0 aliphatic heterocycles. The Morgan fingerprint density at radius 1 is 1.41 bits per heavy atom. The number of hydrogen-bond donors (Lipinski definition) is 1. The Hall–Kier alpha value is -0.0900. The zero-order valence-corrected chi connectivity index (χ0v) is 12.1. The molecule has 1 aliphatic carbocycles. The molecule has 1 saturated carbocycles. The maximum atomic E-state index is 5.88. The van der Waals surface area contributed by atoms with E-state index in [2.05, 4.69) is 21.2 Å². The summed E-state index contributed by atoms with van der Waals surface area (Å²) in [6, 6.07) is 5.86. The number of nitrogens with one attached hydrogen (secondary N) is 1. The molecule has 17 heavy (non-hydrogen) atoms. The molecule has 2 nitrogen and oxygen atoms in total. The van der Waals surface area contributed by atoms with Crippen LogP contribution in [0, 0.1) is 5.92 Å². The molecule has 1 N–H and O–H groups in total. The van der Waals surface area contributed by atoms with Gasteiger partial charge in [-0.25, -0.2) is 0 Å². The van der Waals surface area contributed by atoms with Crippen molar-refractivity contribution >= 4 is 27.5 Å². The van der Waals surface area contributed by atoms with Crippen LogP contribution in [-0.2, 0) is 11.3 Å². The van der Waals surface area contributed by atoms with Crippen molar-refractivity contribution in [1.29, 1.82) is 0 Å². The highest BCUT2D eigenvalue weighted by atomic mass is 79.9. The van der Waals surface area contributed by atoms with Gasteiger partial charge in [-0.2, -0.15) is 0 Å². The highest BCUT2D eigenvalue weighted by Gasteiger charge is 2.20. The van der Waals surface area contributed by atoms with E-state index in [4.69, 9.17) is 16.3 Å². The summed E-state index contributed by atoms with van der Waals surface area (Å²) in [6.07, 6.45) is 2.70. The maximum absolute atomic E-state index is 5.88. The van der Waals surface area contributed by atoms with E-state index >= 15 is 0 Å². The number of hydrogen-bond acceptors (Lipinski definition) is 2. The smallest absolute Gasteiger partial charge is 0.0591 e. The van der Waals surface area contributed by atoms with Gasteiger partial charge in [-0.05, 0) is 36.5 Å². The van der Waals surface area contributed by atoms with E-state index < -0.39 is 0 Å². The Labute approximate surface area is 116 Å². The molecule has 0 atom stereocenters. The van der Waals surface area contributed by atoms with Crippen LogP contribution in [0.25, 0.3) is 0 Å². The summed E-state index contributed by atoms with van der Waals surface area (Å²) in [5.74, 6) is 0.848. The zero-order valence-electron chi connectivity index (χ0n) is 9.72. The molecule has 1 aliphatic rings. The molecule has 0 aromatic heterocycles. The summed E-state index contributed by atoms with van der Waals surface area (Å²) >= 11 is 9.39. The molecule has 1 aromatic rings. The van der Waals surface area contributed by atoms with Gasteiger partial charge in [0.2, 0.25) is 0 Å². The topological polar surface area (TPSA) is 21.3 Å². The first-order valence-electron chi connectivity index (χ1n) is 5.98. The van der Waals surface area contributed by atoms with Crippen LogP contribution in [0.3, 0.4) is 0 Å². The lowest BCUT2D eigenvalue weighted by molar-refractivity contribution is 0.126. The number of rotatable bonds is 7. The quantitative estimate of drug-likeness (QED) is 0.775. The lowest BCUT2D eigenvalue weighted by Crippen LogP contribution is -2.19.